The van der Waals surface area contributed by atoms with E-state index < -0.39 is 0 Å². The van der Waals surface area contributed by atoms with Gasteiger partial charge in [-0.05, 0) is 43.3 Å². The van der Waals surface area contributed by atoms with Crippen LogP contribution in [0.25, 0.3) is 0 Å². The minimum Gasteiger partial charge on any atom is -0.497 e. The van der Waals surface area contributed by atoms with Crippen molar-refractivity contribution in [1.82, 2.24) is 5.32 Å². The lowest BCUT2D eigenvalue weighted by Crippen LogP contribution is -2.19. The van der Waals surface area contributed by atoms with Crippen LogP contribution >= 0.6 is 0 Å². The fourth-order valence-corrected chi connectivity index (χ4v) is 2.21. The average Bonchev–Trinajstić information content (AvgIpc) is 2.95. The third-order valence-electron chi connectivity index (χ3n) is 3.47. The molecule has 1 aromatic heterocycles. The Balaban J connectivity index is 1.98. The molecule has 1 aromatic carbocycles. The molecule has 2 rings (SSSR count). The SMILES string of the molecule is CCCNCc1ccoc1CN(C)c1ccc(OC)cc1. The molecular formula is C17H24N2O2. The molecule has 1 N–H and O–H groups in total. The fraction of sp³-hybridized carbons (Fsp3) is 0.412. The molecule has 0 atom stereocenters. The summed E-state index contributed by atoms with van der Waals surface area (Å²) in [5.41, 5.74) is 2.36. The van der Waals surface area contributed by atoms with Crippen molar-refractivity contribution in [3.05, 3.63) is 47.9 Å². The van der Waals surface area contributed by atoms with Crippen LogP contribution in [-0.4, -0.2) is 20.7 Å². The van der Waals surface area contributed by atoms with Gasteiger partial charge in [0, 0.05) is 24.8 Å². The van der Waals surface area contributed by atoms with E-state index in [1.165, 1.54) is 5.56 Å². The zero-order chi connectivity index (χ0) is 15.1. The first kappa shape index (κ1) is 15.4. The lowest BCUT2D eigenvalue weighted by atomic mass is 10.2. The van der Waals surface area contributed by atoms with Crippen molar-refractivity contribution in [1.29, 1.82) is 0 Å². The molecule has 0 saturated carbocycles. The van der Waals surface area contributed by atoms with Gasteiger partial charge in [0.2, 0.25) is 0 Å². The summed E-state index contributed by atoms with van der Waals surface area (Å²) in [5, 5.41) is 3.41. The normalized spacial score (nSPS) is 10.6. The fourth-order valence-electron chi connectivity index (χ4n) is 2.21. The molecule has 0 aliphatic heterocycles. The molecule has 1 heterocycles. The summed E-state index contributed by atoms with van der Waals surface area (Å²) in [6.45, 7) is 4.80. The number of rotatable bonds is 8. The van der Waals surface area contributed by atoms with Crippen molar-refractivity contribution in [3.63, 3.8) is 0 Å². The number of methoxy groups -OCH3 is 1. The van der Waals surface area contributed by atoms with Gasteiger partial charge in [0.15, 0.2) is 0 Å². The first-order chi connectivity index (χ1) is 10.2. The number of ether oxygens (including phenoxy) is 1. The summed E-state index contributed by atoms with van der Waals surface area (Å²) < 4.78 is 10.8. The van der Waals surface area contributed by atoms with Gasteiger partial charge in [0.1, 0.15) is 11.5 Å². The maximum atomic E-state index is 5.63. The van der Waals surface area contributed by atoms with Gasteiger partial charge in [-0.15, -0.1) is 0 Å². The Labute approximate surface area is 126 Å². The van der Waals surface area contributed by atoms with E-state index in [1.54, 1.807) is 13.4 Å². The molecule has 0 amide bonds. The standard InChI is InChI=1S/C17H24N2O2/c1-4-10-18-12-14-9-11-21-17(14)13-19(2)15-5-7-16(20-3)8-6-15/h5-9,11,18H,4,10,12-13H2,1-3H3. The number of nitrogens with one attached hydrogen (secondary N) is 1. The Morgan fingerprint density at radius 2 is 1.95 bits per heavy atom. The molecule has 0 radical (unpaired) electrons. The highest BCUT2D eigenvalue weighted by molar-refractivity contribution is 5.48. The van der Waals surface area contributed by atoms with E-state index in [1.807, 2.05) is 18.2 Å². The molecule has 0 aliphatic rings. The first-order valence-electron chi connectivity index (χ1n) is 7.35. The predicted molar refractivity (Wildman–Crippen MR) is 85.8 cm³/mol. The van der Waals surface area contributed by atoms with Gasteiger partial charge in [-0.3, -0.25) is 0 Å². The second-order valence-electron chi connectivity index (χ2n) is 5.10. The monoisotopic (exact) mass is 288 g/mol. The molecule has 0 spiro atoms. The minimum absolute atomic E-state index is 0.752. The van der Waals surface area contributed by atoms with Crippen molar-refractivity contribution >= 4 is 5.69 Å². The average molecular weight is 288 g/mol. The van der Waals surface area contributed by atoms with Crippen molar-refractivity contribution in [2.45, 2.75) is 26.4 Å². The highest BCUT2D eigenvalue weighted by atomic mass is 16.5. The molecule has 4 heteroatoms. The Morgan fingerprint density at radius 3 is 2.62 bits per heavy atom. The van der Waals surface area contributed by atoms with Gasteiger partial charge in [-0.1, -0.05) is 6.92 Å². The number of furan rings is 1. The van der Waals surface area contributed by atoms with Crippen molar-refractivity contribution in [2.24, 2.45) is 0 Å². The second-order valence-corrected chi connectivity index (χ2v) is 5.10. The minimum atomic E-state index is 0.752. The van der Waals surface area contributed by atoms with Gasteiger partial charge in [-0.2, -0.15) is 0 Å². The second kappa shape index (κ2) is 7.74. The Hall–Kier alpha value is -1.94. The van der Waals surface area contributed by atoms with Gasteiger partial charge in [0.05, 0.1) is 19.9 Å². The van der Waals surface area contributed by atoms with E-state index in [0.29, 0.717) is 0 Å². The van der Waals surface area contributed by atoms with Crippen LogP contribution in [0.15, 0.2) is 41.0 Å². The Bertz CT molecular complexity index is 534. The number of anilines is 1. The molecule has 2 aromatic rings. The van der Waals surface area contributed by atoms with Crippen molar-refractivity contribution in [2.75, 3.05) is 25.6 Å². The largest absolute Gasteiger partial charge is 0.497 e. The summed E-state index contributed by atoms with van der Waals surface area (Å²) in [6, 6.07) is 10.1. The summed E-state index contributed by atoms with van der Waals surface area (Å²) in [4.78, 5) is 2.17. The van der Waals surface area contributed by atoms with E-state index in [-0.39, 0.29) is 0 Å². The molecule has 0 fully saturated rings. The van der Waals surface area contributed by atoms with Crippen LogP contribution in [0.4, 0.5) is 5.69 Å². The lowest BCUT2D eigenvalue weighted by molar-refractivity contribution is 0.415. The smallest absolute Gasteiger partial charge is 0.127 e. The van der Waals surface area contributed by atoms with Crippen molar-refractivity contribution in [3.8, 4) is 5.75 Å². The summed E-state index contributed by atoms with van der Waals surface area (Å²) >= 11 is 0. The van der Waals surface area contributed by atoms with E-state index in [2.05, 4.69) is 36.3 Å². The highest BCUT2D eigenvalue weighted by Gasteiger charge is 2.10. The highest BCUT2D eigenvalue weighted by Crippen LogP contribution is 2.21. The van der Waals surface area contributed by atoms with Gasteiger partial charge in [-0.25, -0.2) is 0 Å². The maximum Gasteiger partial charge on any atom is 0.127 e. The number of hydrogen-bond acceptors (Lipinski definition) is 4. The van der Waals surface area contributed by atoms with Crippen LogP contribution in [-0.2, 0) is 13.1 Å². The zero-order valence-corrected chi connectivity index (χ0v) is 13.1. The summed E-state index contributed by atoms with van der Waals surface area (Å²) in [5.74, 6) is 1.88. The van der Waals surface area contributed by atoms with E-state index in [0.717, 1.165) is 43.3 Å². The van der Waals surface area contributed by atoms with E-state index in [4.69, 9.17) is 9.15 Å². The van der Waals surface area contributed by atoms with Gasteiger partial charge < -0.3 is 19.4 Å². The third-order valence-corrected chi connectivity index (χ3v) is 3.47. The molecule has 21 heavy (non-hydrogen) atoms. The lowest BCUT2D eigenvalue weighted by Gasteiger charge is -2.19. The summed E-state index contributed by atoms with van der Waals surface area (Å²) in [6.07, 6.45) is 2.90. The van der Waals surface area contributed by atoms with Crippen LogP contribution in [0.3, 0.4) is 0 Å². The molecule has 114 valence electrons. The van der Waals surface area contributed by atoms with Crippen LogP contribution < -0.4 is 15.0 Å². The number of nitrogens with zero attached hydrogens (tertiary/aromatic N) is 1. The Kier molecular flexibility index (Phi) is 5.69. The quantitative estimate of drug-likeness (QED) is 0.755. The van der Waals surface area contributed by atoms with Gasteiger partial charge >= 0.3 is 0 Å². The van der Waals surface area contributed by atoms with E-state index >= 15 is 0 Å². The number of benzene rings is 1. The molecule has 0 bridgehead atoms. The van der Waals surface area contributed by atoms with Crippen LogP contribution in [0, 0.1) is 0 Å². The zero-order valence-electron chi connectivity index (χ0n) is 13.1. The van der Waals surface area contributed by atoms with Crippen LogP contribution in [0.2, 0.25) is 0 Å². The molecule has 0 saturated heterocycles. The maximum absolute atomic E-state index is 5.63. The molecular weight excluding hydrogens is 264 g/mol. The summed E-state index contributed by atoms with van der Waals surface area (Å²) in [7, 11) is 3.74. The van der Waals surface area contributed by atoms with E-state index in [9.17, 15) is 0 Å². The van der Waals surface area contributed by atoms with Crippen LogP contribution in [0.5, 0.6) is 5.75 Å². The van der Waals surface area contributed by atoms with Gasteiger partial charge in [0.25, 0.3) is 0 Å². The van der Waals surface area contributed by atoms with Crippen LogP contribution in [0.1, 0.15) is 24.7 Å². The molecule has 0 unspecified atom stereocenters. The Morgan fingerprint density at radius 1 is 1.19 bits per heavy atom. The third kappa shape index (κ3) is 4.26. The first-order valence-corrected chi connectivity index (χ1v) is 7.35. The topological polar surface area (TPSA) is 37.6 Å². The van der Waals surface area contributed by atoms with Crippen molar-refractivity contribution < 1.29 is 9.15 Å². The molecule has 4 nitrogen and oxygen atoms in total. The number of hydrogen-bond donors (Lipinski definition) is 1. The molecule has 0 aliphatic carbocycles. The predicted octanol–water partition coefficient (Wildman–Crippen LogP) is 3.42.